The van der Waals surface area contributed by atoms with E-state index in [1.54, 1.807) is 18.2 Å². The van der Waals surface area contributed by atoms with Crippen molar-refractivity contribution in [3.63, 3.8) is 0 Å². The largest absolute Gasteiger partial charge is 0.494 e. The Bertz CT molecular complexity index is 551. The highest BCUT2D eigenvalue weighted by Gasteiger charge is 2.37. The number of anilines is 2. The minimum Gasteiger partial charge on any atom is -0.494 e. The van der Waals surface area contributed by atoms with Crippen LogP contribution in [0.3, 0.4) is 0 Å². The van der Waals surface area contributed by atoms with Gasteiger partial charge in [0.05, 0.1) is 18.3 Å². The number of carbonyl (C=O) groups excluding carboxylic acids is 2. The summed E-state index contributed by atoms with van der Waals surface area (Å²) in [5.41, 5.74) is 6.50. The van der Waals surface area contributed by atoms with E-state index < -0.39 is 5.54 Å². The molecule has 0 atom stereocenters. The maximum atomic E-state index is 12.3. The van der Waals surface area contributed by atoms with E-state index in [0.717, 1.165) is 12.8 Å². The third-order valence-corrected chi connectivity index (χ3v) is 3.72. The predicted molar refractivity (Wildman–Crippen MR) is 81.3 cm³/mol. The minimum absolute atomic E-state index is 0.172. The Morgan fingerprint density at radius 3 is 2.48 bits per heavy atom. The molecule has 0 radical (unpaired) electrons. The van der Waals surface area contributed by atoms with Crippen LogP contribution in [0, 0.1) is 0 Å². The van der Waals surface area contributed by atoms with E-state index in [1.165, 1.54) is 14.0 Å². The monoisotopic (exact) mass is 291 g/mol. The lowest BCUT2D eigenvalue weighted by Crippen LogP contribution is -2.48. The lowest BCUT2D eigenvalue weighted by Gasteiger charge is -2.22. The quantitative estimate of drug-likeness (QED) is 0.789. The molecule has 1 saturated carbocycles. The van der Waals surface area contributed by atoms with Crippen LogP contribution in [0.4, 0.5) is 11.4 Å². The third kappa shape index (κ3) is 3.52. The van der Waals surface area contributed by atoms with Crippen LogP contribution < -0.4 is 21.1 Å². The second kappa shape index (κ2) is 6.13. The van der Waals surface area contributed by atoms with E-state index in [-0.39, 0.29) is 11.8 Å². The molecule has 0 saturated heterocycles. The van der Waals surface area contributed by atoms with Gasteiger partial charge in [-0.25, -0.2) is 0 Å². The summed E-state index contributed by atoms with van der Waals surface area (Å²) in [7, 11) is 1.51. The molecule has 0 unspecified atom stereocenters. The van der Waals surface area contributed by atoms with Gasteiger partial charge in [-0.2, -0.15) is 0 Å². The molecule has 0 aliphatic heterocycles. The van der Waals surface area contributed by atoms with E-state index in [0.29, 0.717) is 30.0 Å². The van der Waals surface area contributed by atoms with Crippen molar-refractivity contribution in [1.82, 2.24) is 0 Å². The number of nitrogens with one attached hydrogen (secondary N) is 2. The van der Waals surface area contributed by atoms with Gasteiger partial charge in [-0.15, -0.1) is 0 Å². The fraction of sp³-hybridized carbons (Fsp3) is 0.467. The first-order valence-electron chi connectivity index (χ1n) is 7.00. The minimum atomic E-state index is -0.774. The van der Waals surface area contributed by atoms with Crippen molar-refractivity contribution in [3.8, 4) is 5.75 Å². The summed E-state index contributed by atoms with van der Waals surface area (Å²) in [5.74, 6) is 0.131. The number of amides is 2. The number of hydrogen-bond acceptors (Lipinski definition) is 4. The average molecular weight is 291 g/mol. The average Bonchev–Trinajstić information content (AvgIpc) is 2.88. The van der Waals surface area contributed by atoms with Crippen molar-refractivity contribution >= 4 is 23.2 Å². The molecule has 4 N–H and O–H groups in total. The molecular weight excluding hydrogens is 270 g/mol. The summed E-state index contributed by atoms with van der Waals surface area (Å²) in [6.07, 6.45) is 3.38. The van der Waals surface area contributed by atoms with Gasteiger partial charge in [0.15, 0.2) is 0 Å². The molecule has 114 valence electrons. The van der Waals surface area contributed by atoms with Crippen LogP contribution in [0.1, 0.15) is 32.6 Å². The highest BCUT2D eigenvalue weighted by molar-refractivity contribution is 5.99. The van der Waals surface area contributed by atoms with Gasteiger partial charge in [-0.05, 0) is 25.0 Å². The Labute approximate surface area is 124 Å². The second-order valence-corrected chi connectivity index (χ2v) is 5.41. The van der Waals surface area contributed by atoms with Gasteiger partial charge in [0.1, 0.15) is 5.75 Å². The molecule has 0 aromatic heterocycles. The number of nitrogens with two attached hydrogens (primary N) is 1. The van der Waals surface area contributed by atoms with Crippen LogP contribution in [0.15, 0.2) is 18.2 Å². The summed E-state index contributed by atoms with van der Waals surface area (Å²) >= 11 is 0. The lowest BCUT2D eigenvalue weighted by molar-refractivity contribution is -0.121. The van der Waals surface area contributed by atoms with Crippen LogP contribution >= 0.6 is 0 Å². The van der Waals surface area contributed by atoms with Gasteiger partial charge in [0, 0.05) is 18.7 Å². The number of carbonyl (C=O) groups is 2. The summed E-state index contributed by atoms with van der Waals surface area (Å²) in [4.78, 5) is 23.4. The van der Waals surface area contributed by atoms with Crippen LogP contribution in [0.2, 0.25) is 0 Å². The van der Waals surface area contributed by atoms with Crippen molar-refractivity contribution in [3.05, 3.63) is 18.2 Å². The number of ether oxygens (including phenoxy) is 1. The number of rotatable bonds is 4. The molecule has 1 fully saturated rings. The van der Waals surface area contributed by atoms with E-state index in [1.807, 2.05) is 0 Å². The Morgan fingerprint density at radius 1 is 1.24 bits per heavy atom. The summed E-state index contributed by atoms with van der Waals surface area (Å²) in [6, 6.07) is 5.07. The molecular formula is C15H21N3O3. The first-order chi connectivity index (χ1) is 9.94. The fourth-order valence-corrected chi connectivity index (χ4v) is 2.55. The first kappa shape index (κ1) is 15.3. The van der Waals surface area contributed by atoms with Crippen LogP contribution in [0.25, 0.3) is 0 Å². The molecule has 6 heteroatoms. The van der Waals surface area contributed by atoms with Gasteiger partial charge in [-0.3, -0.25) is 9.59 Å². The molecule has 2 rings (SSSR count). The van der Waals surface area contributed by atoms with Crippen molar-refractivity contribution in [2.45, 2.75) is 38.1 Å². The van der Waals surface area contributed by atoms with Crippen LogP contribution in [-0.4, -0.2) is 24.5 Å². The van der Waals surface area contributed by atoms with E-state index in [2.05, 4.69) is 10.6 Å². The molecule has 1 aliphatic carbocycles. The van der Waals surface area contributed by atoms with Crippen molar-refractivity contribution in [2.24, 2.45) is 5.73 Å². The Balaban J connectivity index is 2.13. The molecule has 1 aromatic rings. The zero-order valence-corrected chi connectivity index (χ0v) is 12.4. The van der Waals surface area contributed by atoms with E-state index in [9.17, 15) is 9.59 Å². The van der Waals surface area contributed by atoms with Gasteiger partial charge < -0.3 is 21.1 Å². The molecule has 2 amide bonds. The highest BCUT2D eigenvalue weighted by Crippen LogP contribution is 2.31. The fourth-order valence-electron chi connectivity index (χ4n) is 2.55. The van der Waals surface area contributed by atoms with Crippen LogP contribution in [-0.2, 0) is 9.59 Å². The van der Waals surface area contributed by atoms with Crippen molar-refractivity contribution in [1.29, 1.82) is 0 Å². The normalized spacial score (nSPS) is 16.3. The molecule has 1 aliphatic rings. The molecule has 0 bridgehead atoms. The van der Waals surface area contributed by atoms with Gasteiger partial charge in [0.2, 0.25) is 11.8 Å². The van der Waals surface area contributed by atoms with Gasteiger partial charge in [0.25, 0.3) is 0 Å². The molecule has 0 spiro atoms. The summed E-state index contributed by atoms with van der Waals surface area (Å²) in [6.45, 7) is 1.42. The van der Waals surface area contributed by atoms with Crippen LogP contribution in [0.5, 0.6) is 5.75 Å². The second-order valence-electron chi connectivity index (χ2n) is 5.41. The molecule has 21 heavy (non-hydrogen) atoms. The number of methoxy groups -OCH3 is 1. The van der Waals surface area contributed by atoms with Gasteiger partial charge in [-0.1, -0.05) is 12.8 Å². The first-order valence-corrected chi connectivity index (χ1v) is 7.00. The molecule has 6 nitrogen and oxygen atoms in total. The Hall–Kier alpha value is -2.08. The zero-order valence-electron chi connectivity index (χ0n) is 12.4. The number of hydrogen-bond donors (Lipinski definition) is 3. The maximum absolute atomic E-state index is 12.3. The smallest absolute Gasteiger partial charge is 0.244 e. The third-order valence-electron chi connectivity index (χ3n) is 3.72. The van der Waals surface area contributed by atoms with Crippen molar-refractivity contribution in [2.75, 3.05) is 17.7 Å². The maximum Gasteiger partial charge on any atom is 0.244 e. The Morgan fingerprint density at radius 2 is 1.90 bits per heavy atom. The lowest BCUT2D eigenvalue weighted by atomic mass is 9.98. The van der Waals surface area contributed by atoms with E-state index in [4.69, 9.17) is 10.5 Å². The molecule has 1 aromatic carbocycles. The highest BCUT2D eigenvalue weighted by atomic mass is 16.5. The molecule has 0 heterocycles. The summed E-state index contributed by atoms with van der Waals surface area (Å²) in [5, 5.41) is 5.49. The standard InChI is InChI=1S/C15H21N3O3/c1-10(19)17-12-6-5-11(9-13(12)21-2)18-14(20)15(16)7-3-4-8-15/h5-6,9H,3-4,7-8,16H2,1-2H3,(H,17,19)(H,18,20). The Kier molecular flexibility index (Phi) is 4.47. The SMILES string of the molecule is COc1cc(NC(=O)C2(N)CCCC2)ccc1NC(C)=O. The van der Waals surface area contributed by atoms with E-state index >= 15 is 0 Å². The predicted octanol–water partition coefficient (Wildman–Crippen LogP) is 1.86. The van der Waals surface area contributed by atoms with Crippen molar-refractivity contribution < 1.29 is 14.3 Å². The van der Waals surface area contributed by atoms with Gasteiger partial charge >= 0.3 is 0 Å². The topological polar surface area (TPSA) is 93.4 Å². The summed E-state index contributed by atoms with van der Waals surface area (Å²) < 4.78 is 5.22. The number of benzene rings is 1. The zero-order chi connectivity index (χ0) is 15.5.